The normalized spacial score (nSPS) is 12.2. The Hall–Kier alpha value is -1.94. The van der Waals surface area contributed by atoms with Gasteiger partial charge in [0.2, 0.25) is 0 Å². The van der Waals surface area contributed by atoms with Crippen LogP contribution in [0.15, 0.2) is 48.5 Å². The van der Waals surface area contributed by atoms with Gasteiger partial charge in [0.25, 0.3) is 0 Å². The van der Waals surface area contributed by atoms with Crippen LogP contribution in [0.4, 0.5) is 4.39 Å². The lowest BCUT2D eigenvalue weighted by Gasteiger charge is -2.19. The summed E-state index contributed by atoms with van der Waals surface area (Å²) in [6, 6.07) is 14.5. The summed E-state index contributed by atoms with van der Waals surface area (Å²) < 4.78 is 38.9. The lowest BCUT2D eigenvalue weighted by Crippen LogP contribution is -2.07. The summed E-state index contributed by atoms with van der Waals surface area (Å²) in [6.45, 7) is 4.16. The predicted octanol–water partition coefficient (Wildman–Crippen LogP) is 6.01. The van der Waals surface area contributed by atoms with E-state index in [9.17, 15) is 8.96 Å². The van der Waals surface area contributed by atoms with Crippen molar-refractivity contribution in [1.29, 1.82) is 0 Å². The maximum absolute atomic E-state index is 13.4. The number of hydrogen-bond acceptors (Lipinski definition) is 3. The van der Waals surface area contributed by atoms with E-state index in [4.69, 9.17) is 9.05 Å². The Bertz CT molecular complexity index is 955. The molecule has 0 saturated carbocycles. The largest absolute Gasteiger partial charge is 0.341 e. The van der Waals surface area contributed by atoms with Crippen molar-refractivity contribution in [3.05, 3.63) is 60.0 Å². The molecule has 2 aromatic carbocycles. The van der Waals surface area contributed by atoms with Gasteiger partial charge in [-0.25, -0.2) is 4.39 Å². The van der Waals surface area contributed by atoms with Crippen LogP contribution in [0.1, 0.15) is 25.6 Å². The molecule has 3 aromatic rings. The zero-order valence-electron chi connectivity index (χ0n) is 15.4. The van der Waals surface area contributed by atoms with E-state index in [1.807, 2.05) is 24.3 Å². The van der Waals surface area contributed by atoms with Crippen molar-refractivity contribution in [1.82, 2.24) is 4.57 Å². The fraction of sp³-hybridized carbons (Fsp3) is 0.300. The molecule has 3 rings (SSSR count). The van der Waals surface area contributed by atoms with E-state index in [-0.39, 0.29) is 18.0 Å². The van der Waals surface area contributed by atoms with E-state index in [2.05, 4.69) is 18.4 Å². The van der Waals surface area contributed by atoms with Gasteiger partial charge < -0.3 is 13.6 Å². The zero-order valence-corrected chi connectivity index (χ0v) is 16.3. The Kier molecular flexibility index (Phi) is 5.33. The van der Waals surface area contributed by atoms with Gasteiger partial charge in [-0.3, -0.25) is 4.57 Å². The van der Waals surface area contributed by atoms with E-state index in [1.165, 1.54) is 26.4 Å². The monoisotopic (exact) mass is 375 g/mol. The highest BCUT2D eigenvalue weighted by molar-refractivity contribution is 7.52. The third-order valence-electron chi connectivity index (χ3n) is 4.56. The molecule has 26 heavy (non-hydrogen) atoms. The second-order valence-corrected chi connectivity index (χ2v) is 8.71. The molecule has 0 aliphatic rings. The van der Waals surface area contributed by atoms with Gasteiger partial charge in [0.05, 0.1) is 6.16 Å². The number of halogens is 1. The Morgan fingerprint density at radius 3 is 2.23 bits per heavy atom. The first-order valence-electron chi connectivity index (χ1n) is 8.48. The molecule has 0 radical (unpaired) electrons. The molecular formula is C20H23FNO3P. The van der Waals surface area contributed by atoms with E-state index in [0.717, 1.165) is 27.7 Å². The fourth-order valence-corrected chi connectivity index (χ4v) is 4.47. The lowest BCUT2D eigenvalue weighted by molar-refractivity contribution is 0.274. The highest BCUT2D eigenvalue weighted by Gasteiger charge is 2.29. The average molecular weight is 375 g/mol. The van der Waals surface area contributed by atoms with Crippen molar-refractivity contribution in [2.45, 2.75) is 26.1 Å². The van der Waals surface area contributed by atoms with Crippen LogP contribution in [0.5, 0.6) is 0 Å². The van der Waals surface area contributed by atoms with Gasteiger partial charge in [-0.2, -0.15) is 0 Å². The van der Waals surface area contributed by atoms with Crippen LogP contribution in [0.2, 0.25) is 0 Å². The van der Waals surface area contributed by atoms with Gasteiger partial charge in [0.1, 0.15) is 5.82 Å². The van der Waals surface area contributed by atoms with Crippen molar-refractivity contribution < 1.29 is 18.0 Å². The van der Waals surface area contributed by atoms with E-state index < -0.39 is 7.60 Å². The number of hydrogen-bond donors (Lipinski definition) is 0. The molecule has 0 unspecified atom stereocenters. The molecular weight excluding hydrogens is 352 g/mol. The maximum atomic E-state index is 13.4. The fourth-order valence-electron chi connectivity index (χ4n) is 3.39. The highest BCUT2D eigenvalue weighted by Crippen LogP contribution is 2.52. The molecule has 0 saturated heterocycles. The van der Waals surface area contributed by atoms with Crippen molar-refractivity contribution in [3.8, 4) is 11.1 Å². The minimum absolute atomic E-state index is 0.138. The summed E-state index contributed by atoms with van der Waals surface area (Å²) in [6.07, 6.45) is 0.138. The van der Waals surface area contributed by atoms with E-state index in [1.54, 1.807) is 12.1 Å². The predicted molar refractivity (Wildman–Crippen MR) is 103 cm³/mol. The molecule has 0 N–H and O–H groups in total. The number of para-hydroxylation sites is 1. The van der Waals surface area contributed by atoms with Gasteiger partial charge in [-0.05, 0) is 37.6 Å². The van der Waals surface area contributed by atoms with Crippen LogP contribution in [0.25, 0.3) is 22.0 Å². The van der Waals surface area contributed by atoms with Crippen molar-refractivity contribution in [3.63, 3.8) is 0 Å². The van der Waals surface area contributed by atoms with Gasteiger partial charge >= 0.3 is 7.60 Å². The van der Waals surface area contributed by atoms with Crippen LogP contribution in [0, 0.1) is 5.82 Å². The number of benzene rings is 2. The first-order chi connectivity index (χ1) is 12.4. The van der Waals surface area contributed by atoms with Crippen LogP contribution in [0.3, 0.4) is 0 Å². The second kappa shape index (κ2) is 7.36. The molecule has 0 amide bonds. The first kappa shape index (κ1) is 18.8. The molecule has 1 aromatic heterocycles. The molecule has 0 bridgehead atoms. The minimum atomic E-state index is -3.28. The molecule has 1 heterocycles. The zero-order chi connectivity index (χ0) is 18.9. The van der Waals surface area contributed by atoms with Gasteiger partial charge in [-0.15, -0.1) is 0 Å². The van der Waals surface area contributed by atoms with Gasteiger partial charge in [0.15, 0.2) is 0 Å². The average Bonchev–Trinajstić information content (AvgIpc) is 2.96. The molecule has 0 aliphatic carbocycles. The third kappa shape index (κ3) is 3.35. The molecule has 4 nitrogen and oxygen atoms in total. The summed E-state index contributed by atoms with van der Waals surface area (Å²) in [5, 5.41) is 1.03. The Labute approximate surface area is 153 Å². The third-order valence-corrected chi connectivity index (χ3v) is 6.36. The molecule has 138 valence electrons. The number of rotatable bonds is 6. The number of fused-ring (bicyclic) bond motifs is 1. The smallest absolute Gasteiger partial charge is 0.336 e. The number of aromatic nitrogens is 1. The molecule has 6 heteroatoms. The van der Waals surface area contributed by atoms with Crippen LogP contribution < -0.4 is 0 Å². The van der Waals surface area contributed by atoms with Crippen LogP contribution >= 0.6 is 7.60 Å². The Balaban J connectivity index is 2.35. The van der Waals surface area contributed by atoms with Crippen LogP contribution in [-0.2, 0) is 19.8 Å². The second-order valence-electron chi connectivity index (χ2n) is 6.44. The summed E-state index contributed by atoms with van der Waals surface area (Å²) in [5.74, 6) is -0.289. The van der Waals surface area contributed by atoms with E-state index in [0.29, 0.717) is 0 Å². The van der Waals surface area contributed by atoms with Crippen molar-refractivity contribution in [2.75, 3.05) is 14.2 Å². The lowest BCUT2D eigenvalue weighted by atomic mass is 10.0. The Morgan fingerprint density at radius 2 is 1.65 bits per heavy atom. The SMILES string of the molecule is COP(=O)(Cc1c(-c2ccc(F)cc2)c2ccccc2n1C(C)C)OC. The molecule has 0 spiro atoms. The summed E-state index contributed by atoms with van der Waals surface area (Å²) in [5.41, 5.74) is 3.70. The van der Waals surface area contributed by atoms with Crippen LogP contribution in [-0.4, -0.2) is 18.8 Å². The molecule has 0 aliphatic heterocycles. The quantitative estimate of drug-likeness (QED) is 0.495. The Morgan fingerprint density at radius 1 is 1.04 bits per heavy atom. The highest BCUT2D eigenvalue weighted by atomic mass is 31.2. The number of nitrogens with zero attached hydrogens (tertiary/aromatic N) is 1. The van der Waals surface area contributed by atoms with E-state index >= 15 is 0 Å². The minimum Gasteiger partial charge on any atom is -0.341 e. The topological polar surface area (TPSA) is 40.5 Å². The summed E-state index contributed by atoms with van der Waals surface area (Å²) in [4.78, 5) is 0. The van der Waals surface area contributed by atoms with Gasteiger partial charge in [-0.1, -0.05) is 30.3 Å². The first-order valence-corrected chi connectivity index (χ1v) is 10.2. The van der Waals surface area contributed by atoms with Crippen molar-refractivity contribution >= 4 is 18.5 Å². The molecule has 0 fully saturated rings. The standard InChI is InChI=1S/C20H23FNO3P/c1-14(2)22-18-8-6-5-7-17(18)20(15-9-11-16(21)12-10-15)19(22)13-26(23,24-3)25-4/h5-12,14H,13H2,1-4H3. The molecule has 0 atom stereocenters. The summed E-state index contributed by atoms with van der Waals surface area (Å²) >= 11 is 0. The van der Waals surface area contributed by atoms with Gasteiger partial charge in [0, 0.05) is 42.4 Å². The maximum Gasteiger partial charge on any atom is 0.336 e. The summed E-state index contributed by atoms with van der Waals surface area (Å²) in [7, 11) is -0.491. The van der Waals surface area contributed by atoms with Crippen molar-refractivity contribution in [2.24, 2.45) is 0 Å².